The minimum absolute atomic E-state index is 0.0220. The minimum atomic E-state index is -4.66. The van der Waals surface area contributed by atoms with Crippen molar-refractivity contribution in [2.75, 3.05) is 40.9 Å². The summed E-state index contributed by atoms with van der Waals surface area (Å²) in [6, 6.07) is -1.02. The molecule has 4 N–H and O–H groups in total. The maximum absolute atomic E-state index is 12.8. The molecule has 5 atom stereocenters. The van der Waals surface area contributed by atoms with E-state index in [1.165, 1.54) is 44.9 Å². The van der Waals surface area contributed by atoms with Gasteiger partial charge in [0.25, 0.3) is 7.82 Å². The predicted octanol–water partition coefficient (Wildman–Crippen LogP) is 7.60. The summed E-state index contributed by atoms with van der Waals surface area (Å²) in [5.74, 6) is -0.424. The molecule has 0 saturated heterocycles. The second-order valence-corrected chi connectivity index (χ2v) is 16.0. The van der Waals surface area contributed by atoms with Crippen molar-refractivity contribution in [2.45, 2.75) is 154 Å². The summed E-state index contributed by atoms with van der Waals surface area (Å²) < 4.78 is 23.0. The third kappa shape index (κ3) is 32.7. The zero-order valence-corrected chi connectivity index (χ0v) is 34.1. The molecule has 0 aliphatic heterocycles. The van der Waals surface area contributed by atoms with Crippen LogP contribution in [0.2, 0.25) is 0 Å². The van der Waals surface area contributed by atoms with Gasteiger partial charge in [0.15, 0.2) is 0 Å². The predicted molar refractivity (Wildman–Crippen MR) is 213 cm³/mol. The first kappa shape index (κ1) is 50.1. The number of carbonyl (C=O) groups is 1. The van der Waals surface area contributed by atoms with Crippen molar-refractivity contribution in [3.63, 3.8) is 0 Å². The van der Waals surface area contributed by atoms with Crippen LogP contribution in [0.1, 0.15) is 129 Å². The lowest BCUT2D eigenvalue weighted by Gasteiger charge is -2.29. The van der Waals surface area contributed by atoms with E-state index in [0.717, 1.165) is 44.9 Å². The SMILES string of the molecule is CC/C=C\C/C=C\C/C=C\C/C=C\C[C@@H](O)[C@H](O)CCCC(=O)N[C@@H](COP(=O)([O-])OCC[N+](C)(C)C)[C@H](O)/C=C/CCCCCCCCCCC. The lowest BCUT2D eigenvalue weighted by atomic mass is 10.0. The van der Waals surface area contributed by atoms with E-state index in [1.54, 1.807) is 6.08 Å². The monoisotopic (exact) mass is 755 g/mol. The van der Waals surface area contributed by atoms with E-state index in [2.05, 4.69) is 55.6 Å². The molecule has 302 valence electrons. The molecule has 0 aromatic rings. The number of amides is 1. The summed E-state index contributed by atoms with van der Waals surface area (Å²) in [4.78, 5) is 25.2. The van der Waals surface area contributed by atoms with Gasteiger partial charge in [-0.2, -0.15) is 0 Å². The third-order valence-electron chi connectivity index (χ3n) is 8.43. The number of carbonyl (C=O) groups excluding carboxylic acids is 1. The number of aliphatic hydroxyl groups excluding tert-OH is 3. The number of allylic oxidation sites excluding steroid dienone is 8. The van der Waals surface area contributed by atoms with E-state index in [-0.39, 0.29) is 19.4 Å². The Morgan fingerprint density at radius 2 is 1.31 bits per heavy atom. The summed E-state index contributed by atoms with van der Waals surface area (Å²) >= 11 is 0. The van der Waals surface area contributed by atoms with Gasteiger partial charge in [-0.1, -0.05) is 126 Å². The van der Waals surface area contributed by atoms with Crippen LogP contribution in [0.25, 0.3) is 0 Å². The van der Waals surface area contributed by atoms with Crippen LogP contribution >= 0.6 is 7.82 Å². The van der Waals surface area contributed by atoms with E-state index in [9.17, 15) is 29.6 Å². The number of aliphatic hydroxyl groups is 3. The lowest BCUT2D eigenvalue weighted by Crippen LogP contribution is -2.46. The molecule has 1 unspecified atom stereocenters. The Labute approximate surface area is 317 Å². The third-order valence-corrected chi connectivity index (χ3v) is 9.40. The number of hydrogen-bond donors (Lipinski definition) is 4. The molecule has 0 fully saturated rings. The second kappa shape index (κ2) is 32.5. The summed E-state index contributed by atoms with van der Waals surface area (Å²) in [6.07, 6.45) is 32.9. The van der Waals surface area contributed by atoms with E-state index >= 15 is 0 Å². The van der Waals surface area contributed by atoms with Gasteiger partial charge in [-0.15, -0.1) is 0 Å². The number of hydrogen-bond acceptors (Lipinski definition) is 8. The van der Waals surface area contributed by atoms with Gasteiger partial charge in [0.2, 0.25) is 5.91 Å². The molecule has 0 aliphatic carbocycles. The zero-order chi connectivity index (χ0) is 38.9. The van der Waals surface area contributed by atoms with Crippen molar-refractivity contribution in [3.8, 4) is 0 Å². The molecule has 52 heavy (non-hydrogen) atoms. The maximum atomic E-state index is 12.8. The molecule has 0 saturated carbocycles. The summed E-state index contributed by atoms with van der Waals surface area (Å²) in [6.45, 7) is 4.24. The average Bonchev–Trinajstić information content (AvgIpc) is 3.08. The van der Waals surface area contributed by atoms with Crippen molar-refractivity contribution in [1.29, 1.82) is 0 Å². The number of nitrogens with zero attached hydrogens (tertiary/aromatic N) is 1. The fourth-order valence-corrected chi connectivity index (χ4v) is 5.84. The highest BCUT2D eigenvalue weighted by Gasteiger charge is 2.23. The van der Waals surface area contributed by atoms with Gasteiger partial charge in [0, 0.05) is 6.42 Å². The number of likely N-dealkylation sites (N-methyl/N-ethyl adjacent to an activating group) is 1. The summed E-state index contributed by atoms with van der Waals surface area (Å²) in [5, 5.41) is 34.3. The molecule has 11 heteroatoms. The molecule has 0 rings (SSSR count). The number of rotatable bonds is 34. The Bertz CT molecular complexity index is 1070. The number of phosphoric acid groups is 1. The molecule has 0 heterocycles. The molecule has 10 nitrogen and oxygen atoms in total. The zero-order valence-electron chi connectivity index (χ0n) is 33.2. The average molecular weight is 755 g/mol. The molecular formula is C41H75N2O8P. The number of unbranched alkanes of at least 4 members (excludes halogenated alkanes) is 9. The Morgan fingerprint density at radius 3 is 1.88 bits per heavy atom. The van der Waals surface area contributed by atoms with Crippen LogP contribution < -0.4 is 10.2 Å². The van der Waals surface area contributed by atoms with Crippen LogP contribution in [-0.2, 0) is 18.4 Å². The fraction of sp³-hybridized carbons (Fsp3) is 0.732. The largest absolute Gasteiger partial charge is 0.756 e. The van der Waals surface area contributed by atoms with Crippen LogP contribution in [0.3, 0.4) is 0 Å². The second-order valence-electron chi connectivity index (χ2n) is 14.6. The molecular weight excluding hydrogens is 679 g/mol. The van der Waals surface area contributed by atoms with Crippen molar-refractivity contribution in [2.24, 2.45) is 0 Å². The highest BCUT2D eigenvalue weighted by molar-refractivity contribution is 7.45. The van der Waals surface area contributed by atoms with E-state index in [0.29, 0.717) is 23.9 Å². The normalized spacial score (nSPS) is 16.4. The number of quaternary nitrogens is 1. The molecule has 0 radical (unpaired) electrons. The van der Waals surface area contributed by atoms with Crippen molar-refractivity contribution < 1.29 is 43.1 Å². The highest BCUT2D eigenvalue weighted by atomic mass is 31.2. The summed E-state index contributed by atoms with van der Waals surface area (Å²) in [5.41, 5.74) is 0. The van der Waals surface area contributed by atoms with Gasteiger partial charge in [0.1, 0.15) is 13.2 Å². The minimum Gasteiger partial charge on any atom is -0.756 e. The highest BCUT2D eigenvalue weighted by Crippen LogP contribution is 2.38. The smallest absolute Gasteiger partial charge is 0.268 e. The van der Waals surface area contributed by atoms with Gasteiger partial charge in [-0.3, -0.25) is 9.36 Å². The van der Waals surface area contributed by atoms with Gasteiger partial charge in [-0.25, -0.2) is 0 Å². The quantitative estimate of drug-likeness (QED) is 0.0227. The molecule has 1 amide bonds. The van der Waals surface area contributed by atoms with Crippen LogP contribution in [0.5, 0.6) is 0 Å². The first-order chi connectivity index (χ1) is 24.8. The Hall–Kier alpha value is -1.88. The molecule has 0 aromatic carbocycles. The van der Waals surface area contributed by atoms with Crippen molar-refractivity contribution in [3.05, 3.63) is 60.8 Å². The maximum Gasteiger partial charge on any atom is 0.268 e. The molecule has 0 aliphatic rings. The molecule has 0 aromatic heterocycles. The first-order valence-electron chi connectivity index (χ1n) is 19.8. The molecule has 0 spiro atoms. The Morgan fingerprint density at radius 1 is 0.750 bits per heavy atom. The Kier molecular flexibility index (Phi) is 31.4. The van der Waals surface area contributed by atoms with Crippen LogP contribution in [0.4, 0.5) is 0 Å². The van der Waals surface area contributed by atoms with E-state index in [4.69, 9.17) is 9.05 Å². The molecule has 0 bridgehead atoms. The number of phosphoric ester groups is 1. The van der Waals surface area contributed by atoms with Crippen molar-refractivity contribution in [1.82, 2.24) is 5.32 Å². The topological polar surface area (TPSA) is 148 Å². The summed E-state index contributed by atoms with van der Waals surface area (Å²) in [7, 11) is 1.07. The van der Waals surface area contributed by atoms with Crippen LogP contribution in [0.15, 0.2) is 60.8 Å². The van der Waals surface area contributed by atoms with E-state index < -0.39 is 44.7 Å². The Balaban J connectivity index is 4.79. The fourth-order valence-electron chi connectivity index (χ4n) is 5.12. The van der Waals surface area contributed by atoms with Gasteiger partial charge < -0.3 is 39.1 Å². The van der Waals surface area contributed by atoms with Crippen molar-refractivity contribution >= 4 is 13.7 Å². The first-order valence-corrected chi connectivity index (χ1v) is 21.3. The van der Waals surface area contributed by atoms with Gasteiger partial charge >= 0.3 is 0 Å². The van der Waals surface area contributed by atoms with Gasteiger partial charge in [0.05, 0.1) is 52.1 Å². The van der Waals surface area contributed by atoms with Gasteiger partial charge in [-0.05, 0) is 57.8 Å². The van der Waals surface area contributed by atoms with Crippen LogP contribution in [-0.4, -0.2) is 91.0 Å². The standard InChI is InChI=1S/C41H75N2O8P/c1-6-8-10-12-14-16-18-20-22-24-26-28-31-39(45)40(46)32-29-33-41(47)42-37(36-51-52(48,49)50-35-34-43(3,4)5)38(44)30-27-25-23-21-19-17-15-13-11-9-7-2/h8,10,14,16,20,22,26-28,30,37-40,44-46H,6-7,9,11-13,15,17-19,21,23-25,29,31-36H2,1-5H3,(H-,42,47,48,49)/b10-8-,16-14-,22-20-,28-26-,30-27+/t37-,38+,39+,40+/m0/s1. The van der Waals surface area contributed by atoms with Crippen LogP contribution in [0, 0.1) is 0 Å². The van der Waals surface area contributed by atoms with E-state index in [1.807, 2.05) is 39.4 Å². The number of nitrogens with one attached hydrogen (secondary N) is 1. The lowest BCUT2D eigenvalue weighted by molar-refractivity contribution is -0.870.